The van der Waals surface area contributed by atoms with Gasteiger partial charge in [0.2, 0.25) is 5.91 Å². The highest BCUT2D eigenvalue weighted by molar-refractivity contribution is 5.83. The van der Waals surface area contributed by atoms with Gasteiger partial charge in [0.15, 0.2) is 0 Å². The summed E-state index contributed by atoms with van der Waals surface area (Å²) in [5.41, 5.74) is 2.37. The van der Waals surface area contributed by atoms with Crippen LogP contribution in [0.3, 0.4) is 0 Å². The molecule has 0 aliphatic carbocycles. The van der Waals surface area contributed by atoms with E-state index < -0.39 is 0 Å². The summed E-state index contributed by atoms with van der Waals surface area (Å²) in [5, 5.41) is 6.06. The van der Waals surface area contributed by atoms with Gasteiger partial charge in [-0.15, -0.1) is 0 Å². The summed E-state index contributed by atoms with van der Waals surface area (Å²) in [6, 6.07) is 8.57. The maximum absolute atomic E-state index is 12.0. The Hall–Kier alpha value is -1.35. The van der Waals surface area contributed by atoms with Crippen LogP contribution >= 0.6 is 0 Å². The van der Waals surface area contributed by atoms with Gasteiger partial charge in [-0.05, 0) is 38.4 Å². The summed E-state index contributed by atoms with van der Waals surface area (Å²) >= 11 is 0. The van der Waals surface area contributed by atoms with Gasteiger partial charge in [0.05, 0.1) is 5.92 Å². The van der Waals surface area contributed by atoms with Crippen LogP contribution in [0.15, 0.2) is 24.3 Å². The molecule has 2 N–H and O–H groups in total. The van der Waals surface area contributed by atoms with Crippen molar-refractivity contribution in [1.29, 1.82) is 0 Å². The maximum atomic E-state index is 12.0. The predicted octanol–water partition coefficient (Wildman–Crippen LogP) is 2.08. The van der Waals surface area contributed by atoms with Gasteiger partial charge in [-0.2, -0.15) is 0 Å². The molecule has 1 aromatic carbocycles. The summed E-state index contributed by atoms with van der Waals surface area (Å²) in [7, 11) is 1.89. The predicted molar refractivity (Wildman–Crippen MR) is 75.8 cm³/mol. The van der Waals surface area contributed by atoms with Crippen LogP contribution in [-0.2, 0) is 11.2 Å². The molecule has 0 bridgehead atoms. The summed E-state index contributed by atoms with van der Waals surface area (Å²) in [6.07, 6.45) is 1.03. The molecule has 0 aliphatic rings. The Labute approximate surface area is 110 Å². The first-order valence-corrected chi connectivity index (χ1v) is 6.62. The quantitative estimate of drug-likeness (QED) is 0.809. The van der Waals surface area contributed by atoms with Gasteiger partial charge in [-0.1, -0.05) is 31.2 Å². The molecule has 0 aromatic heterocycles. The molecule has 100 valence electrons. The topological polar surface area (TPSA) is 41.1 Å². The van der Waals surface area contributed by atoms with E-state index in [4.69, 9.17) is 0 Å². The zero-order chi connectivity index (χ0) is 13.5. The normalized spacial score (nSPS) is 14.0. The smallest absolute Gasteiger partial charge is 0.227 e. The zero-order valence-corrected chi connectivity index (χ0v) is 11.8. The molecule has 2 atom stereocenters. The molecule has 1 amide bonds. The van der Waals surface area contributed by atoms with Gasteiger partial charge in [-0.3, -0.25) is 4.79 Å². The largest absolute Gasteiger partial charge is 0.354 e. The van der Waals surface area contributed by atoms with Crippen molar-refractivity contribution in [1.82, 2.24) is 10.6 Å². The number of likely N-dealkylation sites (N-methyl/N-ethyl adjacent to an activating group) is 1. The SMILES string of the molecule is CCc1ccc(C(C)C(=O)NCC(C)NC)cc1. The fourth-order valence-corrected chi connectivity index (χ4v) is 1.70. The second-order valence-corrected chi connectivity index (χ2v) is 4.75. The van der Waals surface area contributed by atoms with Crippen LogP contribution in [0.5, 0.6) is 0 Å². The first-order chi connectivity index (χ1) is 8.58. The number of amides is 1. The molecule has 18 heavy (non-hydrogen) atoms. The maximum Gasteiger partial charge on any atom is 0.227 e. The van der Waals surface area contributed by atoms with E-state index in [0.717, 1.165) is 12.0 Å². The molecule has 0 aliphatic heterocycles. The number of carbonyl (C=O) groups excluding carboxylic acids is 1. The van der Waals surface area contributed by atoms with Crippen molar-refractivity contribution in [2.24, 2.45) is 0 Å². The minimum absolute atomic E-state index is 0.0846. The van der Waals surface area contributed by atoms with Gasteiger partial charge >= 0.3 is 0 Å². The van der Waals surface area contributed by atoms with Crippen molar-refractivity contribution in [3.05, 3.63) is 35.4 Å². The second kappa shape index (κ2) is 7.17. The number of benzene rings is 1. The monoisotopic (exact) mass is 248 g/mol. The van der Waals surface area contributed by atoms with Crippen LogP contribution in [-0.4, -0.2) is 25.5 Å². The molecular weight excluding hydrogens is 224 g/mol. The van der Waals surface area contributed by atoms with Gasteiger partial charge in [0.1, 0.15) is 0 Å². The fourth-order valence-electron chi connectivity index (χ4n) is 1.70. The molecule has 1 rings (SSSR count). The van der Waals surface area contributed by atoms with Crippen molar-refractivity contribution in [2.45, 2.75) is 39.2 Å². The Morgan fingerprint density at radius 1 is 1.22 bits per heavy atom. The minimum Gasteiger partial charge on any atom is -0.354 e. The average Bonchev–Trinajstić information content (AvgIpc) is 2.43. The lowest BCUT2D eigenvalue weighted by Gasteiger charge is -2.16. The van der Waals surface area contributed by atoms with Crippen LogP contribution in [0, 0.1) is 0 Å². The third-order valence-electron chi connectivity index (χ3n) is 3.36. The van der Waals surface area contributed by atoms with Crippen LogP contribution in [0.2, 0.25) is 0 Å². The van der Waals surface area contributed by atoms with E-state index >= 15 is 0 Å². The van der Waals surface area contributed by atoms with Crippen LogP contribution in [0.4, 0.5) is 0 Å². The molecule has 3 nitrogen and oxygen atoms in total. The Bertz CT molecular complexity index is 373. The van der Waals surface area contributed by atoms with E-state index in [-0.39, 0.29) is 11.8 Å². The minimum atomic E-state index is -0.0973. The van der Waals surface area contributed by atoms with E-state index in [0.29, 0.717) is 12.6 Å². The van der Waals surface area contributed by atoms with E-state index in [1.165, 1.54) is 5.56 Å². The molecule has 0 saturated carbocycles. The molecule has 0 spiro atoms. The van der Waals surface area contributed by atoms with Gasteiger partial charge in [-0.25, -0.2) is 0 Å². The van der Waals surface area contributed by atoms with E-state index in [1.54, 1.807) is 0 Å². The van der Waals surface area contributed by atoms with Gasteiger partial charge < -0.3 is 10.6 Å². The molecule has 0 saturated heterocycles. The van der Waals surface area contributed by atoms with Crippen molar-refractivity contribution in [2.75, 3.05) is 13.6 Å². The molecule has 2 unspecified atom stereocenters. The highest BCUT2D eigenvalue weighted by Crippen LogP contribution is 2.16. The molecular formula is C15H24N2O. The Morgan fingerprint density at radius 3 is 2.33 bits per heavy atom. The van der Waals surface area contributed by atoms with Crippen LogP contribution in [0.1, 0.15) is 37.8 Å². The van der Waals surface area contributed by atoms with E-state index in [9.17, 15) is 4.79 Å². The molecule has 1 aromatic rings. The Kier molecular flexibility index (Phi) is 5.86. The number of aryl methyl sites for hydroxylation is 1. The highest BCUT2D eigenvalue weighted by atomic mass is 16.1. The summed E-state index contributed by atoms with van der Waals surface area (Å²) in [6.45, 7) is 6.78. The van der Waals surface area contributed by atoms with Crippen molar-refractivity contribution >= 4 is 5.91 Å². The standard InChI is InChI=1S/C15H24N2O/c1-5-13-6-8-14(9-7-13)12(3)15(18)17-10-11(2)16-4/h6-9,11-12,16H,5,10H2,1-4H3,(H,17,18). The van der Waals surface area contributed by atoms with Gasteiger partial charge in [0.25, 0.3) is 0 Å². The number of rotatable bonds is 6. The molecule has 0 fully saturated rings. The number of nitrogens with one attached hydrogen (secondary N) is 2. The third kappa shape index (κ3) is 4.15. The summed E-state index contributed by atoms with van der Waals surface area (Å²) in [5.74, 6) is -0.0127. The van der Waals surface area contributed by atoms with Crippen molar-refractivity contribution in [3.63, 3.8) is 0 Å². The number of hydrogen-bond donors (Lipinski definition) is 2. The molecule has 0 radical (unpaired) electrons. The number of carbonyl (C=O) groups is 1. The van der Waals surface area contributed by atoms with E-state index in [1.807, 2.05) is 33.0 Å². The van der Waals surface area contributed by atoms with Crippen molar-refractivity contribution < 1.29 is 4.79 Å². The van der Waals surface area contributed by atoms with Crippen LogP contribution < -0.4 is 10.6 Å². The van der Waals surface area contributed by atoms with E-state index in [2.05, 4.69) is 29.7 Å². The summed E-state index contributed by atoms with van der Waals surface area (Å²) < 4.78 is 0. The lowest BCUT2D eigenvalue weighted by Crippen LogP contribution is -2.38. The average molecular weight is 248 g/mol. The zero-order valence-electron chi connectivity index (χ0n) is 11.8. The Balaban J connectivity index is 2.56. The molecule has 3 heteroatoms. The highest BCUT2D eigenvalue weighted by Gasteiger charge is 2.15. The second-order valence-electron chi connectivity index (χ2n) is 4.75. The van der Waals surface area contributed by atoms with Gasteiger partial charge in [0, 0.05) is 12.6 Å². The summed E-state index contributed by atoms with van der Waals surface area (Å²) in [4.78, 5) is 12.0. The lowest BCUT2D eigenvalue weighted by atomic mass is 9.98. The van der Waals surface area contributed by atoms with Crippen LogP contribution in [0.25, 0.3) is 0 Å². The molecule has 0 heterocycles. The third-order valence-corrected chi connectivity index (χ3v) is 3.36. The first-order valence-electron chi connectivity index (χ1n) is 6.62. The lowest BCUT2D eigenvalue weighted by molar-refractivity contribution is -0.122. The number of hydrogen-bond acceptors (Lipinski definition) is 2. The first kappa shape index (κ1) is 14.7. The Morgan fingerprint density at radius 2 is 1.83 bits per heavy atom. The fraction of sp³-hybridized carbons (Fsp3) is 0.533. The van der Waals surface area contributed by atoms with Crippen molar-refractivity contribution in [3.8, 4) is 0 Å².